The van der Waals surface area contributed by atoms with Crippen molar-refractivity contribution in [3.05, 3.63) is 63.3 Å². The molecule has 1 atom stereocenters. The molecule has 180 valence electrons. The lowest BCUT2D eigenvalue weighted by Gasteiger charge is -2.31. The van der Waals surface area contributed by atoms with Crippen LogP contribution < -0.4 is 9.62 Å². The van der Waals surface area contributed by atoms with Crippen molar-refractivity contribution in [2.75, 3.05) is 23.7 Å². The molecule has 2 amide bonds. The topological polar surface area (TPSA) is 86.8 Å². The minimum Gasteiger partial charge on any atom is -0.354 e. The van der Waals surface area contributed by atoms with E-state index in [1.54, 1.807) is 19.1 Å². The van der Waals surface area contributed by atoms with Crippen molar-refractivity contribution >= 4 is 55.1 Å². The molecule has 11 heteroatoms. The number of nitrogens with one attached hydrogen (secondary N) is 1. The van der Waals surface area contributed by atoms with Gasteiger partial charge in [0.2, 0.25) is 21.8 Å². The van der Waals surface area contributed by atoms with Crippen LogP contribution in [0.2, 0.25) is 5.02 Å². The molecular weight excluding hydrogens is 537 g/mol. The van der Waals surface area contributed by atoms with Crippen LogP contribution in [0.5, 0.6) is 0 Å². The van der Waals surface area contributed by atoms with Crippen molar-refractivity contribution in [1.29, 1.82) is 0 Å². The summed E-state index contributed by atoms with van der Waals surface area (Å²) >= 11 is 9.18. The normalized spacial score (nSPS) is 12.2. The second-order valence-corrected chi connectivity index (χ2v) is 10.7. The van der Waals surface area contributed by atoms with Gasteiger partial charge < -0.3 is 10.2 Å². The number of amides is 2. The molecular formula is C22H26BrClFN3O4S. The third-order valence-electron chi connectivity index (χ3n) is 4.85. The van der Waals surface area contributed by atoms with Crippen LogP contribution in [-0.2, 0) is 26.2 Å². The lowest BCUT2D eigenvalue weighted by molar-refractivity contribution is -0.139. The van der Waals surface area contributed by atoms with Gasteiger partial charge in [0, 0.05) is 17.6 Å². The van der Waals surface area contributed by atoms with Crippen LogP contribution in [0, 0.1) is 5.82 Å². The average molecular weight is 563 g/mol. The Balaban J connectivity index is 2.38. The van der Waals surface area contributed by atoms with Crippen LogP contribution in [0.1, 0.15) is 25.8 Å². The highest BCUT2D eigenvalue weighted by molar-refractivity contribution is 9.10. The van der Waals surface area contributed by atoms with Gasteiger partial charge in [-0.25, -0.2) is 12.8 Å². The zero-order valence-corrected chi connectivity index (χ0v) is 21.7. The first kappa shape index (κ1) is 27.1. The van der Waals surface area contributed by atoms with Gasteiger partial charge in [-0.2, -0.15) is 0 Å². The maximum absolute atomic E-state index is 13.6. The molecule has 0 saturated heterocycles. The zero-order valence-electron chi connectivity index (χ0n) is 18.5. The third-order valence-corrected chi connectivity index (χ3v) is 6.81. The number of nitrogens with zero attached hydrogens (tertiary/aromatic N) is 2. The van der Waals surface area contributed by atoms with Gasteiger partial charge in [-0.3, -0.25) is 13.9 Å². The predicted molar refractivity (Wildman–Crippen MR) is 131 cm³/mol. The van der Waals surface area contributed by atoms with Gasteiger partial charge in [0.05, 0.1) is 17.0 Å². The first-order chi connectivity index (χ1) is 15.4. The van der Waals surface area contributed by atoms with E-state index >= 15 is 0 Å². The molecule has 0 heterocycles. The van der Waals surface area contributed by atoms with E-state index in [-0.39, 0.29) is 23.2 Å². The first-order valence-corrected chi connectivity index (χ1v) is 13.2. The lowest BCUT2D eigenvalue weighted by Crippen LogP contribution is -2.51. The Morgan fingerprint density at radius 2 is 1.82 bits per heavy atom. The molecule has 0 spiro atoms. The molecule has 1 unspecified atom stereocenters. The van der Waals surface area contributed by atoms with Gasteiger partial charge in [-0.15, -0.1) is 0 Å². The predicted octanol–water partition coefficient (Wildman–Crippen LogP) is 3.95. The Kier molecular flexibility index (Phi) is 9.69. The van der Waals surface area contributed by atoms with Crippen molar-refractivity contribution in [3.8, 4) is 0 Å². The Morgan fingerprint density at radius 3 is 2.36 bits per heavy atom. The summed E-state index contributed by atoms with van der Waals surface area (Å²) in [4.78, 5) is 27.3. The summed E-state index contributed by atoms with van der Waals surface area (Å²) in [6, 6.07) is 9.76. The Morgan fingerprint density at radius 1 is 1.18 bits per heavy atom. The molecule has 2 aromatic carbocycles. The van der Waals surface area contributed by atoms with Gasteiger partial charge in [-0.1, -0.05) is 46.6 Å². The molecule has 0 aromatic heterocycles. The van der Waals surface area contributed by atoms with E-state index in [0.717, 1.165) is 39.2 Å². The average Bonchev–Trinajstić information content (AvgIpc) is 2.76. The van der Waals surface area contributed by atoms with Crippen molar-refractivity contribution < 1.29 is 22.4 Å². The number of carbonyl (C=O) groups is 2. The smallest absolute Gasteiger partial charge is 0.244 e. The lowest BCUT2D eigenvalue weighted by atomic mass is 10.1. The van der Waals surface area contributed by atoms with Crippen LogP contribution in [0.3, 0.4) is 0 Å². The molecule has 1 N–H and O–H groups in total. The summed E-state index contributed by atoms with van der Waals surface area (Å²) in [5, 5.41) is 2.49. The fourth-order valence-corrected chi connectivity index (χ4v) is 4.30. The molecule has 0 aliphatic heterocycles. The highest BCUT2D eigenvalue weighted by atomic mass is 79.9. The fourth-order valence-electron chi connectivity index (χ4n) is 3.02. The molecule has 0 bridgehead atoms. The van der Waals surface area contributed by atoms with E-state index in [1.807, 2.05) is 19.1 Å². The molecule has 7 nitrogen and oxygen atoms in total. The number of sulfonamides is 1. The highest BCUT2D eigenvalue weighted by Crippen LogP contribution is 2.25. The molecule has 0 aliphatic rings. The number of rotatable bonds is 10. The van der Waals surface area contributed by atoms with E-state index in [4.69, 9.17) is 11.6 Å². The maximum atomic E-state index is 13.6. The number of halogens is 3. The standard InChI is InChI=1S/C22H26BrClFN3O4S/c1-4-11-26-22(30)15(2)27(13-16-5-7-17(23)8-6-16)21(29)14-28(33(3,31)32)18-9-10-20(25)19(24)12-18/h5-10,12,15H,4,11,13-14H2,1-3H3,(H,26,30). The summed E-state index contributed by atoms with van der Waals surface area (Å²) < 4.78 is 40.2. The SMILES string of the molecule is CCCNC(=O)C(C)N(Cc1ccc(Br)cc1)C(=O)CN(c1ccc(F)c(Cl)c1)S(C)(=O)=O. The van der Waals surface area contributed by atoms with E-state index in [1.165, 1.54) is 11.0 Å². The fraction of sp³-hybridized carbons (Fsp3) is 0.364. The van der Waals surface area contributed by atoms with Gasteiger partial charge in [0.1, 0.15) is 18.4 Å². The number of anilines is 1. The van der Waals surface area contributed by atoms with Crippen LogP contribution in [0.4, 0.5) is 10.1 Å². The van der Waals surface area contributed by atoms with E-state index < -0.39 is 34.3 Å². The minimum absolute atomic E-state index is 0.0453. The van der Waals surface area contributed by atoms with Gasteiger partial charge in [-0.05, 0) is 49.2 Å². The van der Waals surface area contributed by atoms with E-state index in [2.05, 4.69) is 21.2 Å². The van der Waals surface area contributed by atoms with E-state index in [0.29, 0.717) is 6.54 Å². The number of hydrogen-bond donors (Lipinski definition) is 1. The van der Waals surface area contributed by atoms with Gasteiger partial charge in [0.15, 0.2) is 0 Å². The van der Waals surface area contributed by atoms with Crippen molar-refractivity contribution in [2.45, 2.75) is 32.9 Å². The van der Waals surface area contributed by atoms with Gasteiger partial charge in [0.25, 0.3) is 0 Å². The number of benzene rings is 2. The highest BCUT2D eigenvalue weighted by Gasteiger charge is 2.30. The minimum atomic E-state index is -3.92. The molecule has 2 aromatic rings. The summed E-state index contributed by atoms with van der Waals surface area (Å²) in [5.41, 5.74) is 0.807. The largest absolute Gasteiger partial charge is 0.354 e. The summed E-state index contributed by atoms with van der Waals surface area (Å²) in [5.74, 6) is -1.65. The zero-order chi connectivity index (χ0) is 24.8. The maximum Gasteiger partial charge on any atom is 0.244 e. The van der Waals surface area contributed by atoms with Crippen molar-refractivity contribution in [1.82, 2.24) is 10.2 Å². The second-order valence-electron chi connectivity index (χ2n) is 7.48. The Hall–Kier alpha value is -2.17. The first-order valence-electron chi connectivity index (χ1n) is 10.2. The van der Waals surface area contributed by atoms with Gasteiger partial charge >= 0.3 is 0 Å². The van der Waals surface area contributed by atoms with Crippen LogP contribution in [-0.4, -0.2) is 50.5 Å². The Bertz CT molecular complexity index is 1100. The van der Waals surface area contributed by atoms with Crippen molar-refractivity contribution in [3.63, 3.8) is 0 Å². The summed E-state index contributed by atoms with van der Waals surface area (Å²) in [7, 11) is -3.92. The molecule has 0 saturated carbocycles. The molecule has 0 aliphatic carbocycles. The monoisotopic (exact) mass is 561 g/mol. The number of hydrogen-bond acceptors (Lipinski definition) is 4. The summed E-state index contributed by atoms with van der Waals surface area (Å²) in [6.45, 7) is 3.46. The molecule has 0 radical (unpaired) electrons. The van der Waals surface area contributed by atoms with Crippen LogP contribution in [0.25, 0.3) is 0 Å². The molecule has 33 heavy (non-hydrogen) atoms. The third kappa shape index (κ3) is 7.68. The molecule has 2 rings (SSSR count). The Labute approximate surface area is 207 Å². The molecule has 0 fully saturated rings. The van der Waals surface area contributed by atoms with Crippen LogP contribution >= 0.6 is 27.5 Å². The van der Waals surface area contributed by atoms with Crippen molar-refractivity contribution in [2.24, 2.45) is 0 Å². The quantitative estimate of drug-likeness (QED) is 0.475. The number of carbonyl (C=O) groups excluding carboxylic acids is 2. The summed E-state index contributed by atoms with van der Waals surface area (Å²) in [6.07, 6.45) is 1.67. The van der Waals surface area contributed by atoms with Crippen LogP contribution in [0.15, 0.2) is 46.9 Å². The second kappa shape index (κ2) is 11.8. The van der Waals surface area contributed by atoms with E-state index in [9.17, 15) is 22.4 Å².